The van der Waals surface area contributed by atoms with Gasteiger partial charge in [0.05, 0.1) is 23.7 Å². The summed E-state index contributed by atoms with van der Waals surface area (Å²) in [6.07, 6.45) is 2.45. The monoisotopic (exact) mass is 409 g/mol. The first-order valence-electron chi connectivity index (χ1n) is 9.54. The summed E-state index contributed by atoms with van der Waals surface area (Å²) in [5.41, 5.74) is 0.263. The molecule has 0 radical (unpaired) electrons. The Morgan fingerprint density at radius 1 is 1.17 bits per heavy atom. The van der Waals surface area contributed by atoms with Gasteiger partial charge >= 0.3 is 11.1 Å². The van der Waals surface area contributed by atoms with Crippen LogP contribution in [0, 0.1) is 17.1 Å². The molecule has 9 heteroatoms. The highest BCUT2D eigenvalue weighted by Gasteiger charge is 2.26. The number of benzene rings is 1. The fraction of sp³-hybridized carbons (Fsp3) is 0.333. The quantitative estimate of drug-likeness (QED) is 0.614. The SMILES string of the molecule is COc1ccc2c(c1)n(C)c(=O)c(=O)n2C1CCN(c2ncc(C#N)cc2F)CC1. The van der Waals surface area contributed by atoms with Crippen molar-refractivity contribution >= 4 is 16.9 Å². The molecule has 1 aliphatic rings. The first-order chi connectivity index (χ1) is 14.4. The summed E-state index contributed by atoms with van der Waals surface area (Å²) in [5.74, 6) is 0.244. The van der Waals surface area contributed by atoms with Crippen LogP contribution in [0.1, 0.15) is 24.4 Å². The summed E-state index contributed by atoms with van der Waals surface area (Å²) < 4.78 is 22.5. The van der Waals surface area contributed by atoms with Gasteiger partial charge in [0.2, 0.25) is 0 Å². The Bertz CT molecular complexity index is 1280. The molecule has 3 aromatic rings. The minimum absolute atomic E-state index is 0.166. The highest BCUT2D eigenvalue weighted by Crippen LogP contribution is 2.29. The van der Waals surface area contributed by atoms with E-state index in [1.165, 1.54) is 16.8 Å². The maximum absolute atomic E-state index is 14.3. The van der Waals surface area contributed by atoms with E-state index in [1.807, 2.05) is 6.07 Å². The number of fused-ring (bicyclic) bond motifs is 1. The van der Waals surface area contributed by atoms with Gasteiger partial charge in [-0.1, -0.05) is 0 Å². The normalized spacial score (nSPS) is 14.7. The maximum atomic E-state index is 14.3. The largest absolute Gasteiger partial charge is 0.497 e. The van der Waals surface area contributed by atoms with Gasteiger partial charge in [-0.15, -0.1) is 0 Å². The van der Waals surface area contributed by atoms with Crippen LogP contribution in [0.15, 0.2) is 40.1 Å². The lowest BCUT2D eigenvalue weighted by Gasteiger charge is -2.34. The number of aromatic nitrogens is 3. The molecule has 0 atom stereocenters. The number of hydrogen-bond donors (Lipinski definition) is 0. The first-order valence-corrected chi connectivity index (χ1v) is 9.54. The lowest BCUT2D eigenvalue weighted by Crippen LogP contribution is -2.45. The zero-order chi connectivity index (χ0) is 21.4. The minimum atomic E-state index is -0.599. The molecule has 0 bridgehead atoms. The van der Waals surface area contributed by atoms with Crippen LogP contribution in [0.5, 0.6) is 5.75 Å². The van der Waals surface area contributed by atoms with Crippen molar-refractivity contribution in [2.24, 2.45) is 7.05 Å². The number of aryl methyl sites for hydroxylation is 1. The van der Waals surface area contributed by atoms with Crippen LogP contribution in [-0.2, 0) is 7.05 Å². The molecule has 0 N–H and O–H groups in total. The fourth-order valence-electron chi connectivity index (χ4n) is 3.99. The van der Waals surface area contributed by atoms with E-state index in [1.54, 1.807) is 41.8 Å². The maximum Gasteiger partial charge on any atom is 0.317 e. The number of rotatable bonds is 3. The Hall–Kier alpha value is -3.67. The zero-order valence-corrected chi connectivity index (χ0v) is 16.6. The lowest BCUT2D eigenvalue weighted by molar-refractivity contribution is 0.389. The van der Waals surface area contributed by atoms with Crippen molar-refractivity contribution in [2.45, 2.75) is 18.9 Å². The van der Waals surface area contributed by atoms with Gasteiger partial charge in [0, 0.05) is 38.4 Å². The second-order valence-corrected chi connectivity index (χ2v) is 7.25. The van der Waals surface area contributed by atoms with Gasteiger partial charge in [-0.25, -0.2) is 9.37 Å². The molecule has 2 aromatic heterocycles. The molecule has 1 aromatic carbocycles. The van der Waals surface area contributed by atoms with Gasteiger partial charge in [0.1, 0.15) is 11.8 Å². The van der Waals surface area contributed by atoms with E-state index in [2.05, 4.69) is 4.98 Å². The van der Waals surface area contributed by atoms with Crippen molar-refractivity contribution in [3.8, 4) is 11.8 Å². The van der Waals surface area contributed by atoms with Crippen molar-refractivity contribution in [1.82, 2.24) is 14.1 Å². The van der Waals surface area contributed by atoms with Gasteiger partial charge in [-0.05, 0) is 31.0 Å². The Morgan fingerprint density at radius 3 is 2.53 bits per heavy atom. The van der Waals surface area contributed by atoms with Crippen LogP contribution >= 0.6 is 0 Å². The molecule has 1 fully saturated rings. The molecule has 8 nitrogen and oxygen atoms in total. The van der Waals surface area contributed by atoms with Crippen LogP contribution in [-0.4, -0.2) is 34.3 Å². The van der Waals surface area contributed by atoms with E-state index in [0.717, 1.165) is 0 Å². The summed E-state index contributed by atoms with van der Waals surface area (Å²) in [6, 6.07) is 8.11. The van der Waals surface area contributed by atoms with E-state index in [-0.39, 0.29) is 17.4 Å². The third-order valence-corrected chi connectivity index (χ3v) is 5.59. The number of anilines is 1. The number of pyridine rings is 1. The van der Waals surface area contributed by atoms with Gasteiger partial charge < -0.3 is 14.2 Å². The third-order valence-electron chi connectivity index (χ3n) is 5.59. The Labute approximate surface area is 171 Å². The van der Waals surface area contributed by atoms with Crippen molar-refractivity contribution < 1.29 is 9.13 Å². The topological polar surface area (TPSA) is 93.2 Å². The van der Waals surface area contributed by atoms with Crippen molar-refractivity contribution in [3.63, 3.8) is 0 Å². The van der Waals surface area contributed by atoms with Crippen molar-refractivity contribution in [1.29, 1.82) is 5.26 Å². The molecule has 0 aliphatic carbocycles. The molecule has 154 valence electrons. The fourth-order valence-corrected chi connectivity index (χ4v) is 3.99. The summed E-state index contributed by atoms with van der Waals surface area (Å²) in [5, 5.41) is 8.87. The molecule has 4 rings (SSSR count). The molecule has 1 aliphatic heterocycles. The smallest absolute Gasteiger partial charge is 0.317 e. The van der Waals surface area contributed by atoms with Crippen LogP contribution in [0.3, 0.4) is 0 Å². The number of halogens is 1. The summed E-state index contributed by atoms with van der Waals surface area (Å²) in [4.78, 5) is 31.2. The van der Waals surface area contributed by atoms with E-state index in [0.29, 0.717) is 42.7 Å². The summed E-state index contributed by atoms with van der Waals surface area (Å²) >= 11 is 0. The van der Waals surface area contributed by atoms with Gasteiger partial charge in [0.25, 0.3) is 0 Å². The molecular weight excluding hydrogens is 389 g/mol. The molecule has 30 heavy (non-hydrogen) atoms. The molecule has 0 unspecified atom stereocenters. The summed E-state index contributed by atoms with van der Waals surface area (Å²) in [7, 11) is 3.11. The van der Waals surface area contributed by atoms with E-state index in [4.69, 9.17) is 10.00 Å². The lowest BCUT2D eigenvalue weighted by atomic mass is 10.0. The predicted molar refractivity (Wildman–Crippen MR) is 109 cm³/mol. The Morgan fingerprint density at radius 2 is 1.90 bits per heavy atom. The number of hydrogen-bond acceptors (Lipinski definition) is 6. The molecular formula is C21H20FN5O3. The Kier molecular flexibility index (Phi) is 4.99. The van der Waals surface area contributed by atoms with Crippen LogP contribution < -0.4 is 20.8 Å². The van der Waals surface area contributed by atoms with Gasteiger partial charge in [0.15, 0.2) is 11.6 Å². The molecule has 0 spiro atoms. The zero-order valence-electron chi connectivity index (χ0n) is 16.6. The first kappa shape index (κ1) is 19.6. The van der Waals surface area contributed by atoms with E-state index in [9.17, 15) is 14.0 Å². The number of nitriles is 1. The minimum Gasteiger partial charge on any atom is -0.497 e. The highest BCUT2D eigenvalue weighted by molar-refractivity contribution is 5.77. The third kappa shape index (κ3) is 3.20. The van der Waals surface area contributed by atoms with Crippen LogP contribution in [0.25, 0.3) is 11.0 Å². The molecule has 0 saturated carbocycles. The standard InChI is InChI=1S/C21H20FN5O3/c1-25-18-10-15(30-2)3-4-17(18)27(21(29)20(25)28)14-5-7-26(8-6-14)19-16(22)9-13(11-23)12-24-19/h3-4,9-10,12,14H,5-8H2,1-2H3. The van der Waals surface area contributed by atoms with E-state index < -0.39 is 16.9 Å². The van der Waals surface area contributed by atoms with Gasteiger partial charge in [-0.2, -0.15) is 5.26 Å². The Balaban J connectivity index is 1.68. The van der Waals surface area contributed by atoms with Crippen molar-refractivity contribution in [2.75, 3.05) is 25.1 Å². The second-order valence-electron chi connectivity index (χ2n) is 7.25. The van der Waals surface area contributed by atoms with Crippen LogP contribution in [0.2, 0.25) is 0 Å². The van der Waals surface area contributed by atoms with E-state index >= 15 is 0 Å². The molecule has 1 saturated heterocycles. The number of piperidine rings is 1. The molecule has 3 heterocycles. The number of ether oxygens (including phenoxy) is 1. The predicted octanol–water partition coefficient (Wildman–Crippen LogP) is 1.96. The van der Waals surface area contributed by atoms with Gasteiger partial charge in [-0.3, -0.25) is 14.2 Å². The molecule has 0 amide bonds. The average molecular weight is 409 g/mol. The number of methoxy groups -OCH3 is 1. The average Bonchev–Trinajstić information content (AvgIpc) is 2.78. The second kappa shape index (κ2) is 7.63. The van der Waals surface area contributed by atoms with Crippen LogP contribution in [0.4, 0.5) is 10.2 Å². The number of nitrogens with zero attached hydrogens (tertiary/aromatic N) is 5. The summed E-state index contributed by atoms with van der Waals surface area (Å²) in [6.45, 7) is 0.944. The van der Waals surface area contributed by atoms with Crippen molar-refractivity contribution in [3.05, 3.63) is 62.6 Å². The highest BCUT2D eigenvalue weighted by atomic mass is 19.1.